The number of fused-ring (bicyclic) bond motifs is 1. The molecule has 0 bridgehead atoms. The number of nitrogens with zero attached hydrogens (tertiary/aromatic N) is 2. The quantitative estimate of drug-likeness (QED) is 0.418. The summed E-state index contributed by atoms with van der Waals surface area (Å²) < 4.78 is 28.2. The molecule has 0 atom stereocenters. The number of hydrogen-bond acceptors (Lipinski definition) is 4. The van der Waals surface area contributed by atoms with Crippen LogP contribution in [0.5, 0.6) is 0 Å². The van der Waals surface area contributed by atoms with Gasteiger partial charge in [0.2, 0.25) is 15.9 Å². The number of benzene rings is 3. The Hall–Kier alpha value is -3.49. The number of aromatic amines is 1. The molecule has 0 radical (unpaired) electrons. The first-order valence-corrected chi connectivity index (χ1v) is 13.2. The molecule has 1 aliphatic rings. The number of amides is 1. The van der Waals surface area contributed by atoms with E-state index in [2.05, 4.69) is 21.4 Å². The van der Waals surface area contributed by atoms with E-state index in [9.17, 15) is 13.2 Å². The summed E-state index contributed by atoms with van der Waals surface area (Å²) in [6.45, 7) is 4.61. The Morgan fingerprint density at radius 2 is 1.66 bits per heavy atom. The van der Waals surface area contributed by atoms with Gasteiger partial charge in [0.15, 0.2) is 0 Å². The molecule has 1 aliphatic heterocycles. The van der Waals surface area contributed by atoms with E-state index in [1.165, 1.54) is 4.31 Å². The Morgan fingerprint density at radius 1 is 0.971 bits per heavy atom. The standard InChI is InChI=1S/C27H28N4O3S/c1-18-14-19(2)16-22(15-18)28-27(32)21-10-12-31(13-11-21)35(33,34)23-8-9-24-25(17-23)30-26(29-24)20-6-4-3-5-7-20/h3-9,14-17,21H,10-13H2,1-2H3,(H,28,32)(H,29,30). The van der Waals surface area contributed by atoms with Crippen LogP contribution in [-0.4, -0.2) is 41.7 Å². The highest BCUT2D eigenvalue weighted by Gasteiger charge is 2.32. The van der Waals surface area contributed by atoms with Crippen molar-refractivity contribution < 1.29 is 13.2 Å². The third kappa shape index (κ3) is 4.85. The molecule has 1 saturated heterocycles. The first kappa shape index (κ1) is 23.3. The normalized spacial score (nSPS) is 15.4. The number of aromatic nitrogens is 2. The predicted octanol–water partition coefficient (Wildman–Crippen LogP) is 4.89. The van der Waals surface area contributed by atoms with Crippen molar-refractivity contribution in [1.29, 1.82) is 0 Å². The highest BCUT2D eigenvalue weighted by atomic mass is 32.2. The fourth-order valence-electron chi connectivity index (χ4n) is 4.68. The van der Waals surface area contributed by atoms with Crippen LogP contribution in [0.4, 0.5) is 5.69 Å². The summed E-state index contributed by atoms with van der Waals surface area (Å²) in [5, 5.41) is 3.00. The Balaban J connectivity index is 1.28. The second-order valence-corrected chi connectivity index (χ2v) is 11.1. The van der Waals surface area contributed by atoms with Gasteiger partial charge in [-0.1, -0.05) is 36.4 Å². The van der Waals surface area contributed by atoms with E-state index >= 15 is 0 Å². The first-order valence-electron chi connectivity index (χ1n) is 11.7. The Kier molecular flexibility index (Phi) is 6.17. The monoisotopic (exact) mass is 488 g/mol. The molecule has 2 heterocycles. The number of imidazole rings is 1. The minimum atomic E-state index is -3.67. The smallest absolute Gasteiger partial charge is 0.243 e. The Labute approximate surface area is 205 Å². The maximum Gasteiger partial charge on any atom is 0.243 e. The SMILES string of the molecule is Cc1cc(C)cc(NC(=O)C2CCN(S(=O)(=O)c3ccc4nc(-c5ccccc5)[nH]c4c3)CC2)c1. The van der Waals surface area contributed by atoms with Gasteiger partial charge in [0.1, 0.15) is 5.82 Å². The number of hydrogen-bond donors (Lipinski definition) is 2. The molecule has 1 fully saturated rings. The van der Waals surface area contributed by atoms with Crippen molar-refractivity contribution in [3.8, 4) is 11.4 Å². The third-order valence-corrected chi connectivity index (χ3v) is 8.35. The number of H-pyrrole nitrogens is 1. The number of rotatable bonds is 5. The molecule has 2 N–H and O–H groups in total. The van der Waals surface area contributed by atoms with Crippen LogP contribution in [0.25, 0.3) is 22.4 Å². The molecular weight excluding hydrogens is 460 g/mol. The molecule has 1 amide bonds. The fourth-order valence-corrected chi connectivity index (χ4v) is 6.18. The van der Waals surface area contributed by atoms with E-state index in [0.717, 1.165) is 22.4 Å². The van der Waals surface area contributed by atoms with Crippen molar-refractivity contribution >= 4 is 32.7 Å². The topological polar surface area (TPSA) is 95.2 Å². The Bertz CT molecular complexity index is 1470. The molecular formula is C27H28N4O3S. The van der Waals surface area contributed by atoms with Crippen LogP contribution in [0, 0.1) is 19.8 Å². The van der Waals surface area contributed by atoms with E-state index in [1.54, 1.807) is 18.2 Å². The molecule has 3 aromatic carbocycles. The van der Waals surface area contributed by atoms with E-state index in [-0.39, 0.29) is 16.7 Å². The Morgan fingerprint density at radius 3 is 2.34 bits per heavy atom. The van der Waals surface area contributed by atoms with E-state index in [0.29, 0.717) is 42.8 Å². The molecule has 8 heteroatoms. The average molecular weight is 489 g/mol. The van der Waals surface area contributed by atoms with Gasteiger partial charge in [-0.05, 0) is 68.1 Å². The molecule has 0 saturated carbocycles. The average Bonchev–Trinajstić information content (AvgIpc) is 3.28. The van der Waals surface area contributed by atoms with Gasteiger partial charge in [0.25, 0.3) is 0 Å². The molecule has 35 heavy (non-hydrogen) atoms. The van der Waals surface area contributed by atoms with Gasteiger partial charge >= 0.3 is 0 Å². The lowest BCUT2D eigenvalue weighted by Gasteiger charge is -2.30. The van der Waals surface area contributed by atoms with Gasteiger partial charge in [-0.25, -0.2) is 13.4 Å². The van der Waals surface area contributed by atoms with E-state index < -0.39 is 10.0 Å². The number of carbonyl (C=O) groups is 1. The molecule has 7 nitrogen and oxygen atoms in total. The molecule has 1 aromatic heterocycles. The summed E-state index contributed by atoms with van der Waals surface area (Å²) in [5.41, 5.74) is 5.29. The minimum Gasteiger partial charge on any atom is -0.338 e. The zero-order valence-electron chi connectivity index (χ0n) is 19.8. The first-order chi connectivity index (χ1) is 16.8. The van der Waals surface area contributed by atoms with Gasteiger partial charge in [-0.3, -0.25) is 4.79 Å². The molecule has 4 aromatic rings. The predicted molar refractivity (Wildman–Crippen MR) is 138 cm³/mol. The summed E-state index contributed by atoms with van der Waals surface area (Å²) in [6, 6.07) is 20.6. The third-order valence-electron chi connectivity index (χ3n) is 6.45. The molecule has 5 rings (SSSR count). The van der Waals surface area contributed by atoms with Crippen LogP contribution in [0.3, 0.4) is 0 Å². The lowest BCUT2D eigenvalue weighted by molar-refractivity contribution is -0.120. The number of aryl methyl sites for hydroxylation is 2. The summed E-state index contributed by atoms with van der Waals surface area (Å²) in [7, 11) is -3.67. The highest BCUT2D eigenvalue weighted by Crippen LogP contribution is 2.28. The van der Waals surface area contributed by atoms with Gasteiger partial charge in [0.05, 0.1) is 15.9 Å². The summed E-state index contributed by atoms with van der Waals surface area (Å²) in [6.07, 6.45) is 0.973. The van der Waals surface area contributed by atoms with Crippen molar-refractivity contribution in [2.24, 2.45) is 5.92 Å². The summed E-state index contributed by atoms with van der Waals surface area (Å²) in [4.78, 5) is 20.8. The van der Waals surface area contributed by atoms with Gasteiger partial charge < -0.3 is 10.3 Å². The van der Waals surface area contributed by atoms with Crippen molar-refractivity contribution in [1.82, 2.24) is 14.3 Å². The maximum absolute atomic E-state index is 13.3. The largest absolute Gasteiger partial charge is 0.338 e. The fraction of sp³-hybridized carbons (Fsp3) is 0.259. The van der Waals surface area contributed by atoms with Gasteiger partial charge in [-0.15, -0.1) is 0 Å². The minimum absolute atomic E-state index is 0.0561. The number of carbonyl (C=O) groups excluding carboxylic acids is 1. The van der Waals surface area contributed by atoms with Crippen LogP contribution in [0.15, 0.2) is 71.6 Å². The lowest BCUT2D eigenvalue weighted by Crippen LogP contribution is -2.41. The lowest BCUT2D eigenvalue weighted by atomic mass is 9.97. The summed E-state index contributed by atoms with van der Waals surface area (Å²) >= 11 is 0. The van der Waals surface area contributed by atoms with Crippen molar-refractivity contribution in [3.63, 3.8) is 0 Å². The highest BCUT2D eigenvalue weighted by molar-refractivity contribution is 7.89. The number of nitrogens with one attached hydrogen (secondary N) is 2. The molecule has 0 unspecified atom stereocenters. The number of sulfonamides is 1. The van der Waals surface area contributed by atoms with Crippen LogP contribution < -0.4 is 5.32 Å². The van der Waals surface area contributed by atoms with Gasteiger partial charge in [0, 0.05) is 30.3 Å². The van der Waals surface area contributed by atoms with Crippen molar-refractivity contribution in [3.05, 3.63) is 77.9 Å². The second-order valence-electron chi connectivity index (χ2n) is 9.17. The van der Waals surface area contributed by atoms with Crippen LogP contribution in [-0.2, 0) is 14.8 Å². The number of anilines is 1. The van der Waals surface area contributed by atoms with Crippen LogP contribution in [0.1, 0.15) is 24.0 Å². The molecule has 0 spiro atoms. The van der Waals surface area contributed by atoms with Crippen LogP contribution in [0.2, 0.25) is 0 Å². The zero-order valence-corrected chi connectivity index (χ0v) is 20.6. The zero-order chi connectivity index (χ0) is 24.6. The maximum atomic E-state index is 13.3. The van der Waals surface area contributed by atoms with Crippen molar-refractivity contribution in [2.45, 2.75) is 31.6 Å². The molecule has 180 valence electrons. The second kappa shape index (κ2) is 9.28. The summed E-state index contributed by atoms with van der Waals surface area (Å²) in [5.74, 6) is 0.427. The molecule has 0 aliphatic carbocycles. The van der Waals surface area contributed by atoms with E-state index in [4.69, 9.17) is 0 Å². The van der Waals surface area contributed by atoms with Gasteiger partial charge in [-0.2, -0.15) is 4.31 Å². The van der Waals surface area contributed by atoms with Crippen LogP contribution >= 0.6 is 0 Å². The van der Waals surface area contributed by atoms with Crippen molar-refractivity contribution in [2.75, 3.05) is 18.4 Å². The van der Waals surface area contributed by atoms with E-state index in [1.807, 2.05) is 56.3 Å². The number of piperidine rings is 1.